The molecule has 0 aliphatic carbocycles. The van der Waals surface area contributed by atoms with Crippen LogP contribution in [0.1, 0.15) is 91.4 Å². The Morgan fingerprint density at radius 2 is 1.42 bits per heavy atom. The van der Waals surface area contributed by atoms with E-state index in [-0.39, 0.29) is 0 Å². The molecule has 0 aromatic heterocycles. The molecule has 0 spiro atoms. The summed E-state index contributed by atoms with van der Waals surface area (Å²) in [7, 11) is 0. The highest BCUT2D eigenvalue weighted by molar-refractivity contribution is 5.91. The predicted molar refractivity (Wildman–Crippen MR) is 82.0 cm³/mol. The van der Waals surface area contributed by atoms with Gasteiger partial charge in [-0.1, -0.05) is 70.9 Å². The van der Waals surface area contributed by atoms with E-state index in [9.17, 15) is 10.3 Å². The standard InChI is InChI=1S/C16H33NO2/c1-4-7-10-11-14-16(18,13-9-6-3)15(17-19)12-8-5-2/h18-19H,4-14H2,1-3H3. The molecule has 0 aromatic rings. The largest absolute Gasteiger partial charge is 0.411 e. The zero-order valence-electron chi connectivity index (χ0n) is 13.1. The molecule has 0 heterocycles. The molecule has 3 nitrogen and oxygen atoms in total. The molecule has 0 saturated heterocycles. The molecule has 2 N–H and O–H groups in total. The summed E-state index contributed by atoms with van der Waals surface area (Å²) in [5, 5.41) is 23.5. The lowest BCUT2D eigenvalue weighted by atomic mass is 9.84. The monoisotopic (exact) mass is 271 g/mol. The maximum absolute atomic E-state index is 10.8. The van der Waals surface area contributed by atoms with Crippen molar-refractivity contribution in [3.05, 3.63) is 0 Å². The van der Waals surface area contributed by atoms with Crippen molar-refractivity contribution < 1.29 is 10.3 Å². The molecule has 0 amide bonds. The van der Waals surface area contributed by atoms with Crippen LogP contribution in [-0.2, 0) is 0 Å². The zero-order chi connectivity index (χ0) is 14.6. The van der Waals surface area contributed by atoms with Gasteiger partial charge < -0.3 is 10.3 Å². The summed E-state index contributed by atoms with van der Waals surface area (Å²) in [6.07, 6.45) is 10.8. The molecule has 0 radical (unpaired) electrons. The minimum absolute atomic E-state index is 0.597. The highest BCUT2D eigenvalue weighted by atomic mass is 16.4. The summed E-state index contributed by atoms with van der Waals surface area (Å²) in [4.78, 5) is 0. The van der Waals surface area contributed by atoms with E-state index in [1.807, 2.05) is 0 Å². The second kappa shape index (κ2) is 11.3. The van der Waals surface area contributed by atoms with Crippen LogP contribution < -0.4 is 0 Å². The minimum atomic E-state index is -0.881. The fraction of sp³-hybridized carbons (Fsp3) is 0.938. The van der Waals surface area contributed by atoms with Crippen LogP contribution in [0.2, 0.25) is 0 Å². The van der Waals surface area contributed by atoms with Crippen molar-refractivity contribution >= 4 is 5.71 Å². The molecular formula is C16H33NO2. The summed E-state index contributed by atoms with van der Waals surface area (Å²) < 4.78 is 0. The average molecular weight is 271 g/mol. The van der Waals surface area contributed by atoms with E-state index in [0.717, 1.165) is 51.4 Å². The van der Waals surface area contributed by atoms with E-state index < -0.39 is 5.60 Å². The average Bonchev–Trinajstić information content (AvgIpc) is 2.42. The first-order chi connectivity index (χ1) is 9.14. The lowest BCUT2D eigenvalue weighted by Crippen LogP contribution is -2.38. The molecule has 0 aromatic carbocycles. The highest BCUT2D eigenvalue weighted by Gasteiger charge is 2.32. The molecule has 1 unspecified atom stereocenters. The van der Waals surface area contributed by atoms with E-state index in [4.69, 9.17) is 0 Å². The summed E-state index contributed by atoms with van der Waals surface area (Å²) in [6, 6.07) is 0. The van der Waals surface area contributed by atoms with E-state index in [0.29, 0.717) is 12.1 Å². The SMILES string of the molecule is CCCCCCC(O)(CCCC)C(CCCC)=NO. The molecule has 3 heteroatoms. The Morgan fingerprint density at radius 1 is 0.842 bits per heavy atom. The second-order valence-corrected chi connectivity index (χ2v) is 5.60. The van der Waals surface area contributed by atoms with Crippen LogP contribution in [0, 0.1) is 0 Å². The Kier molecular flexibility index (Phi) is 10.9. The molecule has 1 atom stereocenters. The van der Waals surface area contributed by atoms with Gasteiger partial charge in [-0.3, -0.25) is 0 Å². The number of unbranched alkanes of at least 4 members (excludes halogenated alkanes) is 5. The minimum Gasteiger partial charge on any atom is -0.411 e. The van der Waals surface area contributed by atoms with Crippen LogP contribution in [0.4, 0.5) is 0 Å². The van der Waals surface area contributed by atoms with Crippen molar-refractivity contribution in [1.82, 2.24) is 0 Å². The quantitative estimate of drug-likeness (QED) is 0.229. The van der Waals surface area contributed by atoms with E-state index in [1.54, 1.807) is 0 Å². The number of hydrogen-bond acceptors (Lipinski definition) is 3. The molecule has 114 valence electrons. The third-order valence-corrected chi connectivity index (χ3v) is 3.81. The third kappa shape index (κ3) is 7.56. The van der Waals surface area contributed by atoms with E-state index >= 15 is 0 Å². The molecular weight excluding hydrogens is 238 g/mol. The molecule has 0 aliphatic rings. The molecule has 0 aliphatic heterocycles. The number of aliphatic hydroxyl groups is 1. The Balaban J connectivity index is 4.53. The summed E-state index contributed by atoms with van der Waals surface area (Å²) in [5.41, 5.74) is -0.285. The van der Waals surface area contributed by atoms with Crippen LogP contribution in [0.25, 0.3) is 0 Å². The van der Waals surface area contributed by atoms with Crippen molar-refractivity contribution in [1.29, 1.82) is 0 Å². The lowest BCUT2D eigenvalue weighted by molar-refractivity contribution is 0.0805. The Bertz CT molecular complexity index is 241. The Morgan fingerprint density at radius 3 is 1.95 bits per heavy atom. The zero-order valence-corrected chi connectivity index (χ0v) is 13.1. The first kappa shape index (κ1) is 18.4. The van der Waals surface area contributed by atoms with Crippen molar-refractivity contribution in [3.8, 4) is 0 Å². The maximum atomic E-state index is 10.8. The summed E-state index contributed by atoms with van der Waals surface area (Å²) in [5.74, 6) is 0. The van der Waals surface area contributed by atoms with Gasteiger partial charge in [0.1, 0.15) is 5.60 Å². The van der Waals surface area contributed by atoms with Gasteiger partial charge in [0.25, 0.3) is 0 Å². The van der Waals surface area contributed by atoms with Gasteiger partial charge in [-0.05, 0) is 25.7 Å². The summed E-state index contributed by atoms with van der Waals surface area (Å²) in [6.45, 7) is 6.42. The van der Waals surface area contributed by atoms with Crippen LogP contribution in [-0.4, -0.2) is 21.6 Å². The van der Waals surface area contributed by atoms with Crippen LogP contribution in [0.15, 0.2) is 5.16 Å². The molecule has 0 rings (SSSR count). The van der Waals surface area contributed by atoms with Gasteiger partial charge in [0, 0.05) is 0 Å². The van der Waals surface area contributed by atoms with Crippen molar-refractivity contribution in [3.63, 3.8) is 0 Å². The van der Waals surface area contributed by atoms with Crippen LogP contribution in [0.3, 0.4) is 0 Å². The van der Waals surface area contributed by atoms with Crippen molar-refractivity contribution in [2.75, 3.05) is 0 Å². The number of hydrogen-bond donors (Lipinski definition) is 2. The fourth-order valence-electron chi connectivity index (χ4n) is 2.45. The first-order valence-corrected chi connectivity index (χ1v) is 8.08. The van der Waals surface area contributed by atoms with E-state index in [1.165, 1.54) is 12.8 Å². The van der Waals surface area contributed by atoms with Gasteiger partial charge in [-0.15, -0.1) is 0 Å². The lowest BCUT2D eigenvalue weighted by Gasteiger charge is -2.29. The number of nitrogens with zero attached hydrogens (tertiary/aromatic N) is 1. The van der Waals surface area contributed by atoms with Gasteiger partial charge in [-0.2, -0.15) is 0 Å². The molecule has 0 fully saturated rings. The normalized spacial score (nSPS) is 15.5. The van der Waals surface area contributed by atoms with Crippen LogP contribution >= 0.6 is 0 Å². The number of rotatable bonds is 12. The fourth-order valence-corrected chi connectivity index (χ4v) is 2.45. The molecule has 0 bridgehead atoms. The molecule has 0 saturated carbocycles. The second-order valence-electron chi connectivity index (χ2n) is 5.60. The predicted octanol–water partition coefficient (Wildman–Crippen LogP) is 4.90. The smallest absolute Gasteiger partial charge is 0.106 e. The first-order valence-electron chi connectivity index (χ1n) is 8.08. The Hall–Kier alpha value is -0.570. The molecule has 19 heavy (non-hydrogen) atoms. The van der Waals surface area contributed by atoms with E-state index in [2.05, 4.69) is 25.9 Å². The highest BCUT2D eigenvalue weighted by Crippen LogP contribution is 2.26. The van der Waals surface area contributed by atoms with Crippen molar-refractivity contribution in [2.45, 2.75) is 97.0 Å². The van der Waals surface area contributed by atoms with Crippen molar-refractivity contribution in [2.24, 2.45) is 5.16 Å². The Labute approximate surface area is 119 Å². The van der Waals surface area contributed by atoms with Gasteiger partial charge in [0.2, 0.25) is 0 Å². The van der Waals surface area contributed by atoms with Gasteiger partial charge >= 0.3 is 0 Å². The van der Waals surface area contributed by atoms with Gasteiger partial charge in [0.05, 0.1) is 5.71 Å². The van der Waals surface area contributed by atoms with Gasteiger partial charge in [-0.25, -0.2) is 0 Å². The summed E-state index contributed by atoms with van der Waals surface area (Å²) >= 11 is 0. The number of oxime groups is 1. The third-order valence-electron chi connectivity index (χ3n) is 3.81. The topological polar surface area (TPSA) is 52.8 Å². The van der Waals surface area contributed by atoms with Gasteiger partial charge in [0.15, 0.2) is 0 Å². The van der Waals surface area contributed by atoms with Crippen LogP contribution in [0.5, 0.6) is 0 Å². The maximum Gasteiger partial charge on any atom is 0.106 e.